The van der Waals surface area contributed by atoms with Gasteiger partial charge in [0, 0.05) is 0 Å². The number of carbonyl (C=O) groups is 1. The Labute approximate surface area is 103 Å². The van der Waals surface area contributed by atoms with Crippen LogP contribution in [0.15, 0.2) is 0 Å². The normalized spacial score (nSPS) is 35.2. The molecule has 2 rings (SSSR count). The largest absolute Gasteiger partial charge is 0.481 e. The molecular weight excluding hydrogens is 219 g/mol. The number of hydrogen-bond donors (Lipinski definition) is 1. The van der Waals surface area contributed by atoms with Crippen molar-refractivity contribution in [1.82, 2.24) is 0 Å². The second-order valence-electron chi connectivity index (χ2n) is 6.23. The minimum atomic E-state index is -0.691. The van der Waals surface area contributed by atoms with Crippen LogP contribution in [0.2, 0.25) is 5.82 Å². The van der Waals surface area contributed by atoms with Gasteiger partial charge in [-0.1, -0.05) is 6.42 Å². The van der Waals surface area contributed by atoms with Crippen molar-refractivity contribution in [2.24, 2.45) is 5.92 Å². The van der Waals surface area contributed by atoms with Crippen LogP contribution in [-0.2, 0) is 14.1 Å². The van der Waals surface area contributed by atoms with Crippen molar-refractivity contribution >= 4 is 13.1 Å². The van der Waals surface area contributed by atoms with Gasteiger partial charge < -0.3 is 14.4 Å². The Balaban J connectivity index is 2.01. The fourth-order valence-electron chi connectivity index (χ4n) is 2.57. The van der Waals surface area contributed by atoms with Crippen molar-refractivity contribution in [3.63, 3.8) is 0 Å². The smallest absolute Gasteiger partial charge is 0.461 e. The van der Waals surface area contributed by atoms with Crippen LogP contribution in [0.25, 0.3) is 0 Å². The Hall–Kier alpha value is -0.545. The lowest BCUT2D eigenvalue weighted by molar-refractivity contribution is -0.141. The molecule has 1 saturated heterocycles. The summed E-state index contributed by atoms with van der Waals surface area (Å²) in [5, 5.41) is 9.00. The van der Waals surface area contributed by atoms with Crippen LogP contribution in [0, 0.1) is 5.92 Å². The third-order valence-electron chi connectivity index (χ3n) is 4.48. The summed E-state index contributed by atoms with van der Waals surface area (Å²) in [6.07, 6.45) is 2.30. The van der Waals surface area contributed by atoms with Crippen LogP contribution in [-0.4, -0.2) is 29.4 Å². The minimum absolute atomic E-state index is 0.220. The summed E-state index contributed by atoms with van der Waals surface area (Å²) >= 11 is 0. The number of carboxylic acid groups (broad SMARTS) is 1. The van der Waals surface area contributed by atoms with Gasteiger partial charge in [0.2, 0.25) is 0 Å². The zero-order chi connectivity index (χ0) is 12.8. The lowest BCUT2D eigenvalue weighted by Gasteiger charge is -2.32. The predicted molar refractivity (Wildman–Crippen MR) is 64.8 cm³/mol. The van der Waals surface area contributed by atoms with E-state index in [1.807, 2.05) is 27.7 Å². The maximum atomic E-state index is 10.9. The summed E-state index contributed by atoms with van der Waals surface area (Å²) in [7, 11) is -0.246. The van der Waals surface area contributed by atoms with E-state index in [0.29, 0.717) is 6.42 Å². The minimum Gasteiger partial charge on any atom is -0.481 e. The first kappa shape index (κ1) is 12.9. The Morgan fingerprint density at radius 3 is 2.12 bits per heavy atom. The first-order valence-corrected chi connectivity index (χ1v) is 6.31. The van der Waals surface area contributed by atoms with Gasteiger partial charge in [0.1, 0.15) is 0 Å². The number of carboxylic acids is 1. The summed E-state index contributed by atoms with van der Waals surface area (Å²) in [5.41, 5.74) is -0.641. The van der Waals surface area contributed by atoms with Gasteiger partial charge in [0.15, 0.2) is 0 Å². The fraction of sp³-hybridized carbons (Fsp3) is 0.917. The molecule has 2 atom stereocenters. The van der Waals surface area contributed by atoms with E-state index in [2.05, 4.69) is 0 Å². The van der Waals surface area contributed by atoms with E-state index in [1.165, 1.54) is 0 Å². The van der Waals surface area contributed by atoms with Crippen molar-refractivity contribution in [3.05, 3.63) is 0 Å². The van der Waals surface area contributed by atoms with Gasteiger partial charge in [-0.3, -0.25) is 4.79 Å². The van der Waals surface area contributed by atoms with Crippen molar-refractivity contribution in [2.75, 3.05) is 0 Å². The molecule has 2 unspecified atom stereocenters. The number of hydrogen-bond acceptors (Lipinski definition) is 3. The monoisotopic (exact) mass is 240 g/mol. The van der Waals surface area contributed by atoms with E-state index >= 15 is 0 Å². The molecule has 2 aliphatic rings. The standard InChI is InChI=1S/C12H21BO4/c1-11(2)12(3,4)17-13(16-11)9-6-5-8(7-9)10(14)15/h8-9H,5-7H2,1-4H3,(H,14,15). The summed E-state index contributed by atoms with van der Waals surface area (Å²) in [4.78, 5) is 10.9. The third-order valence-corrected chi connectivity index (χ3v) is 4.48. The van der Waals surface area contributed by atoms with E-state index in [4.69, 9.17) is 14.4 Å². The van der Waals surface area contributed by atoms with Crippen molar-refractivity contribution in [2.45, 2.75) is 64.0 Å². The van der Waals surface area contributed by atoms with Crippen LogP contribution < -0.4 is 0 Å². The highest BCUT2D eigenvalue weighted by Crippen LogP contribution is 2.46. The second-order valence-corrected chi connectivity index (χ2v) is 6.23. The van der Waals surface area contributed by atoms with Crippen molar-refractivity contribution < 1.29 is 19.2 Å². The van der Waals surface area contributed by atoms with Gasteiger partial charge >= 0.3 is 13.1 Å². The molecule has 17 heavy (non-hydrogen) atoms. The van der Waals surface area contributed by atoms with Crippen LogP contribution >= 0.6 is 0 Å². The maximum absolute atomic E-state index is 10.9. The maximum Gasteiger partial charge on any atom is 0.461 e. The molecule has 0 aromatic heterocycles. The summed E-state index contributed by atoms with van der Waals surface area (Å²) < 4.78 is 11.9. The highest BCUT2D eigenvalue weighted by atomic mass is 16.7. The lowest BCUT2D eigenvalue weighted by Crippen LogP contribution is -2.41. The molecule has 96 valence electrons. The molecule has 0 spiro atoms. The van der Waals surface area contributed by atoms with Gasteiger partial charge in [-0.2, -0.15) is 0 Å². The van der Waals surface area contributed by atoms with E-state index in [0.717, 1.165) is 12.8 Å². The zero-order valence-corrected chi connectivity index (χ0v) is 11.0. The number of rotatable bonds is 2. The molecule has 0 amide bonds. The van der Waals surface area contributed by atoms with E-state index in [9.17, 15) is 4.79 Å². The predicted octanol–water partition coefficient (Wildman–Crippen LogP) is 2.33. The third kappa shape index (κ3) is 2.23. The Bertz CT molecular complexity index is 310. The van der Waals surface area contributed by atoms with Gasteiger partial charge in [-0.15, -0.1) is 0 Å². The highest BCUT2D eigenvalue weighted by molar-refractivity contribution is 6.47. The quantitative estimate of drug-likeness (QED) is 0.752. The fourth-order valence-corrected chi connectivity index (χ4v) is 2.57. The topological polar surface area (TPSA) is 55.8 Å². The van der Waals surface area contributed by atoms with Crippen LogP contribution in [0.4, 0.5) is 0 Å². The molecular formula is C12H21BO4. The van der Waals surface area contributed by atoms with Gasteiger partial charge in [-0.25, -0.2) is 0 Å². The van der Waals surface area contributed by atoms with Gasteiger partial charge in [-0.05, 0) is 46.4 Å². The lowest BCUT2D eigenvalue weighted by atomic mass is 9.70. The molecule has 0 aromatic carbocycles. The Morgan fingerprint density at radius 1 is 1.18 bits per heavy atom. The van der Waals surface area contributed by atoms with Crippen molar-refractivity contribution in [3.8, 4) is 0 Å². The van der Waals surface area contributed by atoms with E-state index in [-0.39, 0.29) is 30.1 Å². The second kappa shape index (κ2) is 3.99. The molecule has 1 heterocycles. The molecule has 1 N–H and O–H groups in total. The average Bonchev–Trinajstić information content (AvgIpc) is 2.70. The molecule has 0 radical (unpaired) electrons. The number of aliphatic carboxylic acids is 1. The van der Waals surface area contributed by atoms with Gasteiger partial charge in [0.25, 0.3) is 0 Å². The molecule has 1 saturated carbocycles. The van der Waals surface area contributed by atoms with Crippen LogP contribution in [0.3, 0.4) is 0 Å². The molecule has 1 aliphatic carbocycles. The molecule has 5 heteroatoms. The highest BCUT2D eigenvalue weighted by Gasteiger charge is 2.54. The average molecular weight is 240 g/mol. The zero-order valence-electron chi connectivity index (χ0n) is 11.0. The van der Waals surface area contributed by atoms with Crippen LogP contribution in [0.5, 0.6) is 0 Å². The molecule has 0 bridgehead atoms. The van der Waals surface area contributed by atoms with Gasteiger partial charge in [0.05, 0.1) is 17.1 Å². The summed E-state index contributed by atoms with van der Waals surface area (Å²) in [6.45, 7) is 8.10. The molecule has 1 aliphatic heterocycles. The van der Waals surface area contributed by atoms with E-state index < -0.39 is 5.97 Å². The van der Waals surface area contributed by atoms with Crippen molar-refractivity contribution in [1.29, 1.82) is 0 Å². The van der Waals surface area contributed by atoms with Crippen LogP contribution in [0.1, 0.15) is 47.0 Å². The Morgan fingerprint density at radius 2 is 1.71 bits per heavy atom. The Kier molecular flexibility index (Phi) is 3.03. The SMILES string of the molecule is CC1(C)OB(C2CCC(C(=O)O)C2)OC1(C)C. The van der Waals surface area contributed by atoms with E-state index in [1.54, 1.807) is 0 Å². The molecule has 2 fully saturated rings. The first-order valence-electron chi connectivity index (χ1n) is 6.31. The molecule has 0 aromatic rings. The first-order chi connectivity index (χ1) is 7.73. The summed E-state index contributed by atoms with van der Waals surface area (Å²) in [5.74, 6) is -0.694. The summed E-state index contributed by atoms with van der Waals surface area (Å²) in [6, 6.07) is 0. The molecule has 4 nitrogen and oxygen atoms in total.